The van der Waals surface area contributed by atoms with E-state index in [4.69, 9.17) is 0 Å². The molecule has 1 aliphatic heterocycles. The van der Waals surface area contributed by atoms with Crippen molar-refractivity contribution in [1.82, 2.24) is 15.5 Å². The Labute approximate surface area is 172 Å². The van der Waals surface area contributed by atoms with E-state index in [1.165, 1.54) is 11.3 Å². The van der Waals surface area contributed by atoms with Crippen molar-refractivity contribution in [2.75, 3.05) is 13.1 Å². The van der Waals surface area contributed by atoms with Crippen molar-refractivity contribution in [2.24, 2.45) is 17.8 Å². The van der Waals surface area contributed by atoms with Crippen molar-refractivity contribution in [3.63, 3.8) is 0 Å². The van der Waals surface area contributed by atoms with E-state index in [2.05, 4.69) is 24.5 Å². The summed E-state index contributed by atoms with van der Waals surface area (Å²) < 4.78 is 0. The van der Waals surface area contributed by atoms with Gasteiger partial charge in [0, 0.05) is 25.0 Å². The number of rotatable bonds is 7. The number of nitrogens with one attached hydrogen (secondary N) is 2. The van der Waals surface area contributed by atoms with Crippen LogP contribution in [0, 0.1) is 17.8 Å². The summed E-state index contributed by atoms with van der Waals surface area (Å²) in [6.07, 6.45) is 1.41. The molecule has 2 rings (SSSR count). The molecule has 2 heterocycles. The van der Waals surface area contributed by atoms with Crippen LogP contribution < -0.4 is 10.6 Å². The van der Waals surface area contributed by atoms with Crippen LogP contribution in [0.4, 0.5) is 0 Å². The third kappa shape index (κ3) is 5.80. The van der Waals surface area contributed by atoms with Crippen LogP contribution in [0.1, 0.15) is 57.1 Å². The van der Waals surface area contributed by atoms with Crippen molar-refractivity contribution in [3.05, 3.63) is 22.4 Å². The maximum Gasteiger partial charge on any atom is 0.262 e. The number of thiophene rings is 1. The lowest BCUT2D eigenvalue weighted by Gasteiger charge is -2.37. The van der Waals surface area contributed by atoms with Gasteiger partial charge in [0.25, 0.3) is 5.91 Å². The van der Waals surface area contributed by atoms with E-state index in [1.54, 1.807) is 6.07 Å². The van der Waals surface area contributed by atoms with Gasteiger partial charge in [0.1, 0.15) is 6.04 Å². The molecule has 1 aromatic rings. The van der Waals surface area contributed by atoms with Crippen LogP contribution in [-0.2, 0) is 9.59 Å². The molecule has 0 bridgehead atoms. The third-order valence-electron chi connectivity index (χ3n) is 5.50. The van der Waals surface area contributed by atoms with Crippen molar-refractivity contribution in [3.8, 4) is 0 Å². The highest BCUT2D eigenvalue weighted by Gasteiger charge is 2.35. The van der Waals surface area contributed by atoms with Gasteiger partial charge >= 0.3 is 0 Å². The number of likely N-dealkylation sites (tertiary alicyclic amines) is 1. The van der Waals surface area contributed by atoms with E-state index in [9.17, 15) is 14.4 Å². The highest BCUT2D eigenvalue weighted by Crippen LogP contribution is 2.23. The maximum absolute atomic E-state index is 13.0. The Bertz CT molecular complexity index is 664. The summed E-state index contributed by atoms with van der Waals surface area (Å²) >= 11 is 1.36. The van der Waals surface area contributed by atoms with E-state index in [-0.39, 0.29) is 35.6 Å². The van der Waals surface area contributed by atoms with E-state index >= 15 is 0 Å². The fourth-order valence-electron chi connectivity index (χ4n) is 3.32. The number of carbonyl (C=O) groups excluding carboxylic acids is 3. The van der Waals surface area contributed by atoms with Crippen molar-refractivity contribution in [1.29, 1.82) is 0 Å². The number of nitrogens with zero attached hydrogens (tertiary/aromatic N) is 1. The molecule has 0 aliphatic carbocycles. The van der Waals surface area contributed by atoms with E-state index in [1.807, 2.05) is 37.1 Å². The molecular weight excluding hydrogens is 374 g/mol. The number of hydrogen-bond donors (Lipinski definition) is 2. The number of amides is 3. The SMILES string of the molecule is CC(C)C(=O)N1CCC(C(NC(=O)c2cccs2)C(=O)NC(C)C(C)C)CC1. The second kappa shape index (κ2) is 10.0. The molecule has 3 amide bonds. The molecule has 1 fully saturated rings. The van der Waals surface area contributed by atoms with Crippen molar-refractivity contribution < 1.29 is 14.4 Å². The van der Waals surface area contributed by atoms with Gasteiger partial charge in [-0.15, -0.1) is 11.3 Å². The molecular formula is C21H33N3O3S. The van der Waals surface area contributed by atoms with Gasteiger partial charge in [0.2, 0.25) is 11.8 Å². The molecule has 1 aromatic heterocycles. The summed E-state index contributed by atoms with van der Waals surface area (Å²) in [5.41, 5.74) is 0. The van der Waals surface area contributed by atoms with Crippen molar-refractivity contribution in [2.45, 2.75) is 59.5 Å². The summed E-state index contributed by atoms with van der Waals surface area (Å²) in [7, 11) is 0. The van der Waals surface area contributed by atoms with Crippen molar-refractivity contribution >= 4 is 29.1 Å². The minimum Gasteiger partial charge on any atom is -0.352 e. The van der Waals surface area contributed by atoms with Gasteiger partial charge in [-0.2, -0.15) is 0 Å². The lowest BCUT2D eigenvalue weighted by Crippen LogP contribution is -2.55. The van der Waals surface area contributed by atoms with Crippen LogP contribution in [-0.4, -0.2) is 47.8 Å². The first kappa shape index (κ1) is 22.4. The first-order valence-corrected chi connectivity index (χ1v) is 11.0. The van der Waals surface area contributed by atoms with E-state index in [0.29, 0.717) is 36.7 Å². The topological polar surface area (TPSA) is 78.5 Å². The molecule has 2 atom stereocenters. The zero-order chi connectivity index (χ0) is 20.8. The van der Waals surface area contributed by atoms with Gasteiger partial charge in [-0.3, -0.25) is 14.4 Å². The molecule has 7 heteroatoms. The molecule has 28 heavy (non-hydrogen) atoms. The lowest BCUT2D eigenvalue weighted by molar-refractivity contribution is -0.136. The van der Waals surface area contributed by atoms with Crippen LogP contribution >= 0.6 is 11.3 Å². The monoisotopic (exact) mass is 407 g/mol. The summed E-state index contributed by atoms with van der Waals surface area (Å²) in [6.45, 7) is 11.1. The molecule has 1 saturated heterocycles. The Hall–Kier alpha value is -1.89. The molecule has 6 nitrogen and oxygen atoms in total. The third-order valence-corrected chi connectivity index (χ3v) is 6.37. The second-order valence-corrected chi connectivity index (χ2v) is 9.23. The second-order valence-electron chi connectivity index (χ2n) is 8.29. The molecule has 1 aliphatic rings. The molecule has 2 N–H and O–H groups in total. The fourth-order valence-corrected chi connectivity index (χ4v) is 3.94. The van der Waals surface area contributed by atoms with E-state index < -0.39 is 6.04 Å². The minimum atomic E-state index is -0.591. The number of hydrogen-bond acceptors (Lipinski definition) is 4. The van der Waals surface area contributed by atoms with Crippen LogP contribution in [0.25, 0.3) is 0 Å². The fraction of sp³-hybridized carbons (Fsp3) is 0.667. The average Bonchev–Trinajstić information content (AvgIpc) is 3.20. The Morgan fingerprint density at radius 2 is 1.71 bits per heavy atom. The predicted octanol–water partition coefficient (Wildman–Crippen LogP) is 2.90. The Balaban J connectivity index is 2.08. The van der Waals surface area contributed by atoms with Gasteiger partial charge in [0.05, 0.1) is 4.88 Å². The molecule has 0 radical (unpaired) electrons. The average molecular weight is 408 g/mol. The zero-order valence-electron chi connectivity index (χ0n) is 17.5. The molecule has 0 saturated carbocycles. The molecule has 0 spiro atoms. The summed E-state index contributed by atoms with van der Waals surface area (Å²) in [5.74, 6) is 0.0898. The van der Waals surface area contributed by atoms with Gasteiger partial charge in [-0.05, 0) is 43.0 Å². The summed E-state index contributed by atoms with van der Waals surface area (Å²) in [6, 6.07) is 3.02. The smallest absolute Gasteiger partial charge is 0.262 e. The van der Waals surface area contributed by atoms with Gasteiger partial charge < -0.3 is 15.5 Å². The zero-order valence-corrected chi connectivity index (χ0v) is 18.3. The molecule has 156 valence electrons. The standard InChI is InChI=1S/C21H33N3O3S/c1-13(2)15(5)22-20(26)18(23-19(25)17-7-6-12-28-17)16-8-10-24(11-9-16)21(27)14(3)4/h6-7,12-16,18H,8-11H2,1-5H3,(H,22,26)(H,23,25). The van der Waals surface area contributed by atoms with Crippen LogP contribution in [0.15, 0.2) is 17.5 Å². The highest BCUT2D eigenvalue weighted by molar-refractivity contribution is 7.12. The van der Waals surface area contributed by atoms with Crippen LogP contribution in [0.5, 0.6) is 0 Å². The number of carbonyl (C=O) groups is 3. The summed E-state index contributed by atoms with van der Waals surface area (Å²) in [4.78, 5) is 40.3. The highest BCUT2D eigenvalue weighted by atomic mass is 32.1. The van der Waals surface area contributed by atoms with Crippen LogP contribution in [0.2, 0.25) is 0 Å². The first-order chi connectivity index (χ1) is 13.2. The summed E-state index contributed by atoms with van der Waals surface area (Å²) in [5, 5.41) is 7.85. The molecule has 2 unspecified atom stereocenters. The Morgan fingerprint density at radius 1 is 1.07 bits per heavy atom. The first-order valence-electron chi connectivity index (χ1n) is 10.1. The van der Waals surface area contributed by atoms with Gasteiger partial charge in [0.15, 0.2) is 0 Å². The number of piperidine rings is 1. The van der Waals surface area contributed by atoms with E-state index in [0.717, 1.165) is 0 Å². The minimum absolute atomic E-state index is 0.0134. The molecule has 0 aromatic carbocycles. The van der Waals surface area contributed by atoms with Crippen LogP contribution in [0.3, 0.4) is 0 Å². The Kier molecular flexibility index (Phi) is 8.04. The largest absolute Gasteiger partial charge is 0.352 e. The quantitative estimate of drug-likeness (QED) is 0.729. The lowest BCUT2D eigenvalue weighted by atomic mass is 9.88. The maximum atomic E-state index is 13.0. The van der Waals surface area contributed by atoms with Gasteiger partial charge in [-0.25, -0.2) is 0 Å². The normalized spacial score (nSPS) is 17.5. The Morgan fingerprint density at radius 3 is 2.21 bits per heavy atom. The van der Waals surface area contributed by atoms with Gasteiger partial charge in [-0.1, -0.05) is 33.8 Å². The predicted molar refractivity (Wildman–Crippen MR) is 112 cm³/mol.